The SMILES string of the molecule is CCCNCc1nc2sc(-c3ccccc3)cc2c(=O)[nH]1. The molecule has 108 valence electrons. The van der Waals surface area contributed by atoms with E-state index in [-0.39, 0.29) is 5.56 Å². The van der Waals surface area contributed by atoms with E-state index in [1.807, 2.05) is 36.4 Å². The summed E-state index contributed by atoms with van der Waals surface area (Å²) in [7, 11) is 0. The molecular weight excluding hydrogens is 282 g/mol. The van der Waals surface area contributed by atoms with Crippen LogP contribution in [0.3, 0.4) is 0 Å². The van der Waals surface area contributed by atoms with E-state index in [0.717, 1.165) is 28.2 Å². The van der Waals surface area contributed by atoms with Crippen molar-refractivity contribution in [2.75, 3.05) is 6.54 Å². The Morgan fingerprint density at radius 2 is 2.10 bits per heavy atom. The lowest BCUT2D eigenvalue weighted by molar-refractivity contribution is 0.651. The van der Waals surface area contributed by atoms with E-state index in [9.17, 15) is 4.79 Å². The zero-order valence-corrected chi connectivity index (χ0v) is 12.7. The molecule has 21 heavy (non-hydrogen) atoms. The summed E-state index contributed by atoms with van der Waals surface area (Å²) < 4.78 is 0. The maximum atomic E-state index is 12.2. The molecule has 2 aromatic heterocycles. The molecule has 4 nitrogen and oxygen atoms in total. The molecule has 0 unspecified atom stereocenters. The molecule has 0 spiro atoms. The number of nitrogens with zero attached hydrogens (tertiary/aromatic N) is 1. The molecule has 0 aliphatic rings. The second-order valence-corrected chi connectivity index (χ2v) is 5.92. The summed E-state index contributed by atoms with van der Waals surface area (Å²) in [6, 6.07) is 12.0. The van der Waals surface area contributed by atoms with Crippen LogP contribution in [-0.4, -0.2) is 16.5 Å². The molecule has 2 N–H and O–H groups in total. The Bertz CT molecular complexity index is 792. The first-order chi connectivity index (χ1) is 10.3. The Kier molecular flexibility index (Phi) is 4.13. The molecule has 0 fully saturated rings. The van der Waals surface area contributed by atoms with Crippen molar-refractivity contribution in [1.82, 2.24) is 15.3 Å². The molecule has 0 radical (unpaired) electrons. The lowest BCUT2D eigenvalue weighted by Gasteiger charge is -2.01. The van der Waals surface area contributed by atoms with Crippen molar-refractivity contribution in [2.24, 2.45) is 0 Å². The lowest BCUT2D eigenvalue weighted by atomic mass is 10.2. The van der Waals surface area contributed by atoms with Gasteiger partial charge in [-0.05, 0) is 24.6 Å². The fourth-order valence-corrected chi connectivity index (χ4v) is 3.24. The maximum Gasteiger partial charge on any atom is 0.259 e. The third-order valence-electron chi connectivity index (χ3n) is 3.23. The van der Waals surface area contributed by atoms with Crippen LogP contribution >= 0.6 is 11.3 Å². The zero-order chi connectivity index (χ0) is 14.7. The summed E-state index contributed by atoms with van der Waals surface area (Å²) in [5.74, 6) is 0.697. The van der Waals surface area contributed by atoms with Gasteiger partial charge in [0.2, 0.25) is 0 Å². The Labute approximate surface area is 126 Å². The Morgan fingerprint density at radius 1 is 1.29 bits per heavy atom. The van der Waals surface area contributed by atoms with Crippen LogP contribution in [0.5, 0.6) is 0 Å². The van der Waals surface area contributed by atoms with Gasteiger partial charge in [0.15, 0.2) is 0 Å². The number of hydrogen-bond donors (Lipinski definition) is 2. The first-order valence-corrected chi connectivity index (χ1v) is 7.88. The molecule has 0 amide bonds. The van der Waals surface area contributed by atoms with Crippen molar-refractivity contribution >= 4 is 21.6 Å². The molecule has 0 aliphatic carbocycles. The number of aromatic nitrogens is 2. The zero-order valence-electron chi connectivity index (χ0n) is 11.8. The number of aromatic amines is 1. The summed E-state index contributed by atoms with van der Waals surface area (Å²) in [5, 5.41) is 3.92. The molecule has 0 saturated heterocycles. The van der Waals surface area contributed by atoms with E-state index < -0.39 is 0 Å². The number of fused-ring (bicyclic) bond motifs is 1. The number of hydrogen-bond acceptors (Lipinski definition) is 4. The Morgan fingerprint density at radius 3 is 2.86 bits per heavy atom. The van der Waals surface area contributed by atoms with Crippen molar-refractivity contribution in [1.29, 1.82) is 0 Å². The van der Waals surface area contributed by atoms with E-state index in [2.05, 4.69) is 22.2 Å². The highest BCUT2D eigenvalue weighted by Crippen LogP contribution is 2.30. The second-order valence-electron chi connectivity index (χ2n) is 4.88. The highest BCUT2D eigenvalue weighted by atomic mass is 32.1. The van der Waals surface area contributed by atoms with Crippen molar-refractivity contribution in [2.45, 2.75) is 19.9 Å². The van der Waals surface area contributed by atoms with Gasteiger partial charge in [-0.25, -0.2) is 4.98 Å². The van der Waals surface area contributed by atoms with E-state index in [1.54, 1.807) is 11.3 Å². The normalized spacial score (nSPS) is 11.1. The van der Waals surface area contributed by atoms with E-state index in [4.69, 9.17) is 0 Å². The summed E-state index contributed by atoms with van der Waals surface area (Å²) in [5.41, 5.74) is 1.05. The molecule has 0 atom stereocenters. The van der Waals surface area contributed by atoms with Crippen LogP contribution in [0, 0.1) is 0 Å². The van der Waals surface area contributed by atoms with Crippen LogP contribution in [0.15, 0.2) is 41.2 Å². The van der Waals surface area contributed by atoms with E-state index in [1.165, 1.54) is 0 Å². The van der Waals surface area contributed by atoms with Gasteiger partial charge in [0.25, 0.3) is 5.56 Å². The van der Waals surface area contributed by atoms with Gasteiger partial charge in [-0.1, -0.05) is 37.3 Å². The van der Waals surface area contributed by atoms with Crippen molar-refractivity contribution in [3.63, 3.8) is 0 Å². The smallest absolute Gasteiger partial charge is 0.259 e. The predicted octanol–water partition coefficient (Wildman–Crippen LogP) is 3.15. The minimum Gasteiger partial charge on any atom is -0.310 e. The standard InChI is InChI=1S/C16H17N3OS/c1-2-8-17-10-14-18-15(20)12-9-13(21-16(12)19-14)11-6-4-3-5-7-11/h3-7,9,17H,2,8,10H2,1H3,(H,18,19,20). The fraction of sp³-hybridized carbons (Fsp3) is 0.250. The van der Waals surface area contributed by atoms with Gasteiger partial charge >= 0.3 is 0 Å². The Hall–Kier alpha value is -1.98. The lowest BCUT2D eigenvalue weighted by Crippen LogP contribution is -2.19. The molecule has 0 bridgehead atoms. The van der Waals surface area contributed by atoms with E-state index in [0.29, 0.717) is 17.8 Å². The second kappa shape index (κ2) is 6.20. The molecule has 0 saturated carbocycles. The third-order valence-corrected chi connectivity index (χ3v) is 4.31. The molecular formula is C16H17N3OS. The topological polar surface area (TPSA) is 57.8 Å². The van der Waals surface area contributed by atoms with Gasteiger partial charge in [-0.3, -0.25) is 4.79 Å². The fourth-order valence-electron chi connectivity index (χ4n) is 2.19. The van der Waals surface area contributed by atoms with Gasteiger partial charge in [-0.15, -0.1) is 11.3 Å². The summed E-state index contributed by atoms with van der Waals surface area (Å²) in [4.78, 5) is 21.4. The average molecular weight is 299 g/mol. The summed E-state index contributed by atoms with van der Waals surface area (Å²) in [6.07, 6.45) is 1.06. The molecule has 0 aliphatic heterocycles. The maximum absolute atomic E-state index is 12.2. The van der Waals surface area contributed by atoms with Gasteiger partial charge in [0.05, 0.1) is 11.9 Å². The number of benzene rings is 1. The summed E-state index contributed by atoms with van der Waals surface area (Å²) >= 11 is 1.56. The van der Waals surface area contributed by atoms with Gasteiger partial charge in [0.1, 0.15) is 10.7 Å². The Balaban J connectivity index is 1.97. The first kappa shape index (κ1) is 14.0. The minimum absolute atomic E-state index is 0.0632. The highest BCUT2D eigenvalue weighted by Gasteiger charge is 2.09. The van der Waals surface area contributed by atoms with E-state index >= 15 is 0 Å². The third kappa shape index (κ3) is 3.04. The predicted molar refractivity (Wildman–Crippen MR) is 87.7 cm³/mol. The summed E-state index contributed by atoms with van der Waals surface area (Å²) in [6.45, 7) is 3.62. The van der Waals surface area contributed by atoms with Gasteiger partial charge in [-0.2, -0.15) is 0 Å². The highest BCUT2D eigenvalue weighted by molar-refractivity contribution is 7.21. The van der Waals surface area contributed by atoms with Gasteiger partial charge < -0.3 is 10.3 Å². The molecule has 3 rings (SSSR count). The van der Waals surface area contributed by atoms with Crippen LogP contribution < -0.4 is 10.9 Å². The number of rotatable bonds is 5. The van der Waals surface area contributed by atoms with Crippen LogP contribution in [0.1, 0.15) is 19.2 Å². The largest absolute Gasteiger partial charge is 0.310 e. The quantitative estimate of drug-likeness (QED) is 0.712. The minimum atomic E-state index is -0.0632. The molecule has 2 heterocycles. The van der Waals surface area contributed by atoms with Crippen LogP contribution in [0.4, 0.5) is 0 Å². The molecule has 1 aromatic carbocycles. The number of thiophene rings is 1. The molecule has 5 heteroatoms. The first-order valence-electron chi connectivity index (χ1n) is 7.07. The van der Waals surface area contributed by atoms with Crippen molar-refractivity contribution in [3.8, 4) is 10.4 Å². The van der Waals surface area contributed by atoms with Crippen LogP contribution in [-0.2, 0) is 6.54 Å². The van der Waals surface area contributed by atoms with Crippen molar-refractivity contribution in [3.05, 3.63) is 52.6 Å². The monoisotopic (exact) mass is 299 g/mol. The van der Waals surface area contributed by atoms with Crippen LogP contribution in [0.2, 0.25) is 0 Å². The van der Waals surface area contributed by atoms with Crippen molar-refractivity contribution < 1.29 is 0 Å². The van der Waals surface area contributed by atoms with Crippen LogP contribution in [0.25, 0.3) is 20.7 Å². The number of H-pyrrole nitrogens is 1. The number of nitrogens with one attached hydrogen (secondary N) is 2. The molecule has 3 aromatic rings. The van der Waals surface area contributed by atoms with Gasteiger partial charge in [0, 0.05) is 4.88 Å². The average Bonchev–Trinajstić information content (AvgIpc) is 2.93.